The molecule has 0 saturated heterocycles. The second kappa shape index (κ2) is 12.3. The van der Waals surface area contributed by atoms with E-state index in [0.29, 0.717) is 52.4 Å². The topological polar surface area (TPSA) is 115 Å². The first kappa shape index (κ1) is 25.5. The molecule has 0 spiro atoms. The smallest absolute Gasteiger partial charge is 0.407 e. The molecule has 0 fully saturated rings. The molecular weight excluding hydrogens is 436 g/mol. The molecule has 0 atom stereocenters. The molecule has 0 bridgehead atoms. The van der Waals surface area contributed by atoms with Crippen LogP contribution in [0, 0.1) is 0 Å². The summed E-state index contributed by atoms with van der Waals surface area (Å²) >= 11 is 0. The maximum atomic E-state index is 12.1. The monoisotopic (exact) mass is 470 g/mol. The van der Waals surface area contributed by atoms with E-state index in [9.17, 15) is 9.59 Å². The van der Waals surface area contributed by atoms with Gasteiger partial charge in [0.1, 0.15) is 5.60 Å². The van der Waals surface area contributed by atoms with Crippen molar-refractivity contribution in [2.45, 2.75) is 39.2 Å². The summed E-state index contributed by atoms with van der Waals surface area (Å²) in [5.41, 5.74) is 2.70. The third-order valence-electron chi connectivity index (χ3n) is 4.96. The molecule has 0 saturated carbocycles. The minimum atomic E-state index is -0.515. The largest absolute Gasteiger partial charge is 0.444 e. The number of nitrogens with zero attached hydrogens (tertiary/aromatic N) is 1. The molecule has 3 rings (SSSR count). The van der Waals surface area contributed by atoms with Gasteiger partial charge in [-0.05, 0) is 44.9 Å². The van der Waals surface area contributed by atoms with Crippen molar-refractivity contribution in [2.24, 2.45) is 0 Å². The van der Waals surface area contributed by atoms with Gasteiger partial charge in [0.25, 0.3) is 0 Å². The third-order valence-corrected chi connectivity index (χ3v) is 4.96. The minimum Gasteiger partial charge on any atom is -0.444 e. The van der Waals surface area contributed by atoms with E-state index in [2.05, 4.69) is 38.8 Å². The van der Waals surface area contributed by atoms with E-state index >= 15 is 0 Å². The number of aromatic nitrogens is 2. The Kier molecular flexibility index (Phi) is 9.24. The number of benzene rings is 1. The molecule has 2 heterocycles. The predicted molar refractivity (Wildman–Crippen MR) is 131 cm³/mol. The first-order valence-corrected chi connectivity index (χ1v) is 11.6. The van der Waals surface area contributed by atoms with Crippen LogP contribution >= 0.6 is 0 Å². The molecule has 1 aromatic carbocycles. The number of carbonyl (C=O) groups excluding carboxylic acids is 2. The zero-order chi connectivity index (χ0) is 24.4. The lowest BCUT2D eigenvalue weighted by Gasteiger charge is -2.19. The van der Waals surface area contributed by atoms with Crippen LogP contribution in [0.3, 0.4) is 0 Å². The van der Waals surface area contributed by atoms with Gasteiger partial charge in [-0.3, -0.25) is 9.78 Å². The minimum absolute atomic E-state index is 0.00555. The average molecular weight is 471 g/mol. The van der Waals surface area contributed by atoms with Gasteiger partial charge in [0, 0.05) is 53.7 Å². The van der Waals surface area contributed by atoms with E-state index in [1.165, 1.54) is 0 Å². The van der Waals surface area contributed by atoms with Crippen molar-refractivity contribution in [3.8, 4) is 0 Å². The maximum Gasteiger partial charge on any atom is 0.407 e. The number of aryl methyl sites for hydroxylation is 1. The number of aromatic amines is 1. The summed E-state index contributed by atoms with van der Waals surface area (Å²) in [6.45, 7) is 7.88. The van der Waals surface area contributed by atoms with Crippen molar-refractivity contribution < 1.29 is 23.8 Å². The summed E-state index contributed by atoms with van der Waals surface area (Å²) in [4.78, 5) is 31.2. The van der Waals surface area contributed by atoms with Gasteiger partial charge in [0.05, 0.1) is 26.4 Å². The Labute approximate surface area is 199 Å². The van der Waals surface area contributed by atoms with Crippen LogP contribution in [0.5, 0.6) is 0 Å². The second-order valence-corrected chi connectivity index (χ2v) is 8.93. The molecule has 34 heavy (non-hydrogen) atoms. The van der Waals surface area contributed by atoms with Gasteiger partial charge in [0.2, 0.25) is 5.91 Å². The molecule has 2 aromatic heterocycles. The molecule has 0 unspecified atom stereocenters. The Bertz CT molecular complexity index is 1090. The Morgan fingerprint density at radius 1 is 0.941 bits per heavy atom. The van der Waals surface area contributed by atoms with Gasteiger partial charge in [0.15, 0.2) is 0 Å². The number of nitrogens with one attached hydrogen (secondary N) is 3. The fourth-order valence-corrected chi connectivity index (χ4v) is 3.42. The molecular formula is C25H34N4O5. The van der Waals surface area contributed by atoms with Crippen LogP contribution in [0.25, 0.3) is 21.8 Å². The summed E-state index contributed by atoms with van der Waals surface area (Å²) in [6.07, 6.45) is 4.26. The Hall–Kier alpha value is -3.17. The number of fused-ring (bicyclic) bond motifs is 3. The highest BCUT2D eigenvalue weighted by atomic mass is 16.6. The highest BCUT2D eigenvalue weighted by Gasteiger charge is 2.15. The van der Waals surface area contributed by atoms with Crippen molar-refractivity contribution in [3.05, 3.63) is 42.2 Å². The van der Waals surface area contributed by atoms with Crippen LogP contribution in [0.15, 0.2) is 36.7 Å². The van der Waals surface area contributed by atoms with Crippen molar-refractivity contribution in [3.63, 3.8) is 0 Å². The SMILES string of the molecule is CC(C)(C)OC(=O)NCCOCCOCCNC(=O)CCc1ccc2c(c1)[nH]c1ccncc12. The number of ether oxygens (including phenoxy) is 3. The molecule has 9 nitrogen and oxygen atoms in total. The number of alkyl carbamates (subject to hydrolysis) is 1. The third kappa shape index (κ3) is 8.31. The number of hydrogen-bond acceptors (Lipinski definition) is 6. The van der Waals surface area contributed by atoms with Crippen LogP contribution in [0.2, 0.25) is 0 Å². The van der Waals surface area contributed by atoms with Crippen LogP contribution < -0.4 is 10.6 Å². The highest BCUT2D eigenvalue weighted by Crippen LogP contribution is 2.25. The first-order chi connectivity index (χ1) is 16.3. The van der Waals surface area contributed by atoms with Crippen molar-refractivity contribution in [1.29, 1.82) is 0 Å². The first-order valence-electron chi connectivity index (χ1n) is 11.6. The lowest BCUT2D eigenvalue weighted by Crippen LogP contribution is -2.34. The maximum absolute atomic E-state index is 12.1. The van der Waals surface area contributed by atoms with E-state index in [1.54, 1.807) is 6.20 Å². The molecule has 9 heteroatoms. The lowest BCUT2D eigenvalue weighted by atomic mass is 10.1. The van der Waals surface area contributed by atoms with Crippen LogP contribution in [0.4, 0.5) is 4.79 Å². The van der Waals surface area contributed by atoms with Crippen molar-refractivity contribution in [2.75, 3.05) is 39.5 Å². The van der Waals surface area contributed by atoms with Gasteiger partial charge < -0.3 is 29.8 Å². The van der Waals surface area contributed by atoms with Crippen LogP contribution in [-0.2, 0) is 25.4 Å². The molecule has 0 aliphatic carbocycles. The fraction of sp³-hybridized carbons (Fsp3) is 0.480. The molecule has 3 N–H and O–H groups in total. The van der Waals surface area contributed by atoms with Gasteiger partial charge >= 0.3 is 6.09 Å². The number of H-pyrrole nitrogens is 1. The molecule has 0 radical (unpaired) electrons. The number of rotatable bonds is 12. The Morgan fingerprint density at radius 2 is 1.68 bits per heavy atom. The molecule has 2 amide bonds. The number of amides is 2. The molecule has 3 aromatic rings. The average Bonchev–Trinajstić information content (AvgIpc) is 3.15. The summed E-state index contributed by atoms with van der Waals surface area (Å²) in [6, 6.07) is 8.18. The molecule has 0 aliphatic heterocycles. The lowest BCUT2D eigenvalue weighted by molar-refractivity contribution is -0.121. The van der Waals surface area contributed by atoms with Crippen molar-refractivity contribution in [1.82, 2.24) is 20.6 Å². The van der Waals surface area contributed by atoms with Gasteiger partial charge in [-0.2, -0.15) is 0 Å². The summed E-state index contributed by atoms with van der Waals surface area (Å²) in [7, 11) is 0. The van der Waals surface area contributed by atoms with E-state index in [-0.39, 0.29) is 5.91 Å². The summed E-state index contributed by atoms with van der Waals surface area (Å²) < 4.78 is 16.0. The molecule has 0 aliphatic rings. The summed E-state index contributed by atoms with van der Waals surface area (Å²) in [5.74, 6) is -0.00555. The zero-order valence-electron chi connectivity index (χ0n) is 20.1. The van der Waals surface area contributed by atoms with Crippen molar-refractivity contribution >= 4 is 33.8 Å². The van der Waals surface area contributed by atoms with Gasteiger partial charge in [-0.1, -0.05) is 12.1 Å². The zero-order valence-corrected chi connectivity index (χ0v) is 20.1. The van der Waals surface area contributed by atoms with E-state index in [0.717, 1.165) is 27.4 Å². The van der Waals surface area contributed by atoms with E-state index in [1.807, 2.05) is 33.0 Å². The van der Waals surface area contributed by atoms with Gasteiger partial charge in [-0.25, -0.2) is 4.79 Å². The standard InChI is InChI=1S/C25H34N4O5/c1-25(2,3)34-24(31)28-11-13-33-15-14-32-12-10-27-23(30)7-5-18-4-6-19-20-17-26-9-8-21(20)29-22(19)16-18/h4,6,8-9,16-17,29H,5,7,10-15H2,1-3H3,(H,27,30)(H,28,31). The second-order valence-electron chi connectivity index (χ2n) is 8.93. The van der Waals surface area contributed by atoms with E-state index < -0.39 is 11.7 Å². The van der Waals surface area contributed by atoms with Crippen LogP contribution in [0.1, 0.15) is 32.8 Å². The Balaban J connectivity index is 1.21. The number of hydrogen-bond donors (Lipinski definition) is 3. The normalized spacial score (nSPS) is 11.6. The van der Waals surface area contributed by atoms with Gasteiger partial charge in [-0.15, -0.1) is 0 Å². The summed E-state index contributed by atoms with van der Waals surface area (Å²) in [5, 5.41) is 7.73. The quantitative estimate of drug-likeness (QED) is 0.350. The number of carbonyl (C=O) groups is 2. The molecule has 184 valence electrons. The predicted octanol–water partition coefficient (Wildman–Crippen LogP) is 3.32. The highest BCUT2D eigenvalue weighted by molar-refractivity contribution is 6.06. The fourth-order valence-electron chi connectivity index (χ4n) is 3.42. The van der Waals surface area contributed by atoms with Crippen LogP contribution in [-0.4, -0.2) is 67.1 Å². The van der Waals surface area contributed by atoms with E-state index in [4.69, 9.17) is 14.2 Å². The number of pyridine rings is 1. The Morgan fingerprint density at radius 3 is 2.41 bits per heavy atom.